The molecule has 0 radical (unpaired) electrons. The first kappa shape index (κ1) is 21.6. The summed E-state index contributed by atoms with van der Waals surface area (Å²) in [6.45, 7) is 7.09. The van der Waals surface area contributed by atoms with Gasteiger partial charge in [0.1, 0.15) is 6.04 Å². The number of unbranched alkanes of at least 4 members (excludes halogenated alkanes) is 2. The number of amides is 2. The van der Waals surface area contributed by atoms with Crippen molar-refractivity contribution < 1.29 is 29.0 Å². The summed E-state index contributed by atoms with van der Waals surface area (Å²) in [6, 6.07) is -1.56. The first-order valence-corrected chi connectivity index (χ1v) is 7.75. The van der Waals surface area contributed by atoms with Gasteiger partial charge in [0.15, 0.2) is 0 Å². The summed E-state index contributed by atoms with van der Waals surface area (Å²) in [4.78, 5) is 48.3. The summed E-state index contributed by atoms with van der Waals surface area (Å²) in [5, 5.41) is 9.34. The van der Waals surface area contributed by atoms with Crippen LogP contribution in [0.25, 0.3) is 0 Å². The van der Waals surface area contributed by atoms with Gasteiger partial charge in [-0.25, -0.2) is 4.79 Å². The quantitative estimate of drug-likeness (QED) is 0.332. The molecule has 0 aliphatic heterocycles. The third kappa shape index (κ3) is 7.71. The van der Waals surface area contributed by atoms with Crippen LogP contribution in [0.1, 0.15) is 44.9 Å². The topological polar surface area (TPSA) is 101 Å². The number of carboxylic acid groups (broad SMARTS) is 1. The number of carbonyl (C=O) groups excluding carboxylic acids is 3. The number of esters is 1. The molecule has 7 heteroatoms. The predicted octanol–water partition coefficient (Wildman–Crippen LogP) is 2.07. The maximum atomic E-state index is 12.3. The van der Waals surface area contributed by atoms with E-state index >= 15 is 0 Å². The minimum Gasteiger partial charge on any atom is -0.480 e. The van der Waals surface area contributed by atoms with E-state index in [0.717, 1.165) is 7.11 Å². The molecular weight excluding hydrogens is 314 g/mol. The molecule has 0 aromatic rings. The number of imide groups is 1. The minimum atomic E-state index is -1.56. The number of methoxy groups -OCH3 is 1. The van der Waals surface area contributed by atoms with Gasteiger partial charge >= 0.3 is 11.9 Å². The van der Waals surface area contributed by atoms with Crippen LogP contribution < -0.4 is 0 Å². The Balaban J connectivity index is 5.29. The molecule has 0 bridgehead atoms. The Morgan fingerprint density at radius 1 is 1.04 bits per heavy atom. The first-order valence-electron chi connectivity index (χ1n) is 7.75. The van der Waals surface area contributed by atoms with Crippen molar-refractivity contribution in [2.24, 2.45) is 0 Å². The highest BCUT2D eigenvalue weighted by Crippen LogP contribution is 2.14. The lowest BCUT2D eigenvalue weighted by atomic mass is 10.1. The van der Waals surface area contributed by atoms with Gasteiger partial charge in [-0.1, -0.05) is 12.2 Å². The van der Waals surface area contributed by atoms with E-state index in [4.69, 9.17) is 0 Å². The number of ether oxygens (including phenoxy) is 1. The number of hydrogen-bond acceptors (Lipinski definition) is 5. The predicted molar refractivity (Wildman–Crippen MR) is 88.0 cm³/mol. The zero-order valence-corrected chi connectivity index (χ0v) is 14.0. The fourth-order valence-electron chi connectivity index (χ4n) is 2.05. The lowest BCUT2D eigenvalue weighted by molar-refractivity contribution is -0.161. The van der Waals surface area contributed by atoms with Crippen LogP contribution in [-0.2, 0) is 23.9 Å². The third-order valence-corrected chi connectivity index (χ3v) is 3.32. The van der Waals surface area contributed by atoms with Crippen molar-refractivity contribution in [3.63, 3.8) is 0 Å². The number of carbonyl (C=O) groups is 4. The van der Waals surface area contributed by atoms with Crippen LogP contribution in [-0.4, -0.2) is 46.9 Å². The highest BCUT2D eigenvalue weighted by molar-refractivity contribution is 6.00. The van der Waals surface area contributed by atoms with Crippen LogP contribution >= 0.6 is 0 Å². The Kier molecular flexibility index (Phi) is 10.8. The van der Waals surface area contributed by atoms with Gasteiger partial charge in [0, 0.05) is 12.8 Å². The molecule has 0 aliphatic carbocycles. The van der Waals surface area contributed by atoms with E-state index in [0.29, 0.717) is 30.6 Å². The molecule has 24 heavy (non-hydrogen) atoms. The minimum absolute atomic E-state index is 0.00414. The summed E-state index contributed by atoms with van der Waals surface area (Å²) in [5.41, 5.74) is 0. The van der Waals surface area contributed by atoms with Crippen molar-refractivity contribution in [2.45, 2.75) is 51.0 Å². The second kappa shape index (κ2) is 12.0. The van der Waals surface area contributed by atoms with Gasteiger partial charge in [-0.05, 0) is 25.7 Å². The Hall–Kier alpha value is -2.44. The van der Waals surface area contributed by atoms with Crippen molar-refractivity contribution in [1.29, 1.82) is 0 Å². The van der Waals surface area contributed by atoms with Gasteiger partial charge in [0.2, 0.25) is 11.8 Å². The van der Waals surface area contributed by atoms with E-state index in [1.54, 1.807) is 12.2 Å². The summed E-state index contributed by atoms with van der Waals surface area (Å²) in [5.74, 6) is -3.45. The molecule has 0 aromatic heterocycles. The molecule has 2 amide bonds. The zero-order valence-electron chi connectivity index (χ0n) is 14.0. The normalized spacial score (nSPS) is 11.2. The largest absolute Gasteiger partial charge is 0.480 e. The third-order valence-electron chi connectivity index (χ3n) is 3.32. The monoisotopic (exact) mass is 339 g/mol. The van der Waals surface area contributed by atoms with Gasteiger partial charge in [-0.2, -0.15) is 0 Å². The molecule has 0 rings (SSSR count). The van der Waals surface area contributed by atoms with Gasteiger partial charge in [0.05, 0.1) is 13.5 Å². The lowest BCUT2D eigenvalue weighted by Gasteiger charge is -2.26. The number of aliphatic carboxylic acids is 1. The molecule has 1 N–H and O–H groups in total. The van der Waals surface area contributed by atoms with Crippen molar-refractivity contribution in [2.75, 3.05) is 7.11 Å². The number of carboxylic acids is 1. The van der Waals surface area contributed by atoms with Crippen LogP contribution in [0.3, 0.4) is 0 Å². The molecule has 1 unspecified atom stereocenters. The Morgan fingerprint density at radius 2 is 1.50 bits per heavy atom. The van der Waals surface area contributed by atoms with E-state index in [-0.39, 0.29) is 12.8 Å². The molecule has 7 nitrogen and oxygen atoms in total. The van der Waals surface area contributed by atoms with Crippen LogP contribution in [0.5, 0.6) is 0 Å². The smallest absolute Gasteiger partial charge is 0.327 e. The number of hydrogen-bond donors (Lipinski definition) is 1. The number of nitrogens with zero attached hydrogens (tertiary/aromatic N) is 1. The first-order chi connectivity index (χ1) is 11.4. The van der Waals surface area contributed by atoms with E-state index in [1.165, 1.54) is 0 Å². The molecule has 1 atom stereocenters. The van der Waals surface area contributed by atoms with Crippen molar-refractivity contribution in [3.8, 4) is 0 Å². The molecule has 0 saturated heterocycles. The molecule has 0 spiro atoms. The van der Waals surface area contributed by atoms with Crippen molar-refractivity contribution >= 4 is 23.8 Å². The van der Waals surface area contributed by atoms with Gasteiger partial charge in [-0.3, -0.25) is 19.3 Å². The van der Waals surface area contributed by atoms with Crippen molar-refractivity contribution in [1.82, 2.24) is 4.90 Å². The molecule has 0 fully saturated rings. The van der Waals surface area contributed by atoms with E-state index in [9.17, 15) is 24.3 Å². The second-order valence-corrected chi connectivity index (χ2v) is 5.15. The average molecular weight is 339 g/mol. The van der Waals surface area contributed by atoms with Gasteiger partial charge in [0.25, 0.3) is 0 Å². The van der Waals surface area contributed by atoms with Gasteiger partial charge in [-0.15, -0.1) is 13.2 Å². The van der Waals surface area contributed by atoms with Crippen LogP contribution in [0, 0.1) is 0 Å². The molecule has 134 valence electrons. The Morgan fingerprint density at radius 3 is 1.83 bits per heavy atom. The molecule has 0 heterocycles. The lowest BCUT2D eigenvalue weighted by Crippen LogP contribution is -2.49. The molecular formula is C17H25NO6. The fraction of sp³-hybridized carbons (Fsp3) is 0.529. The SMILES string of the molecule is C=CCCCC(=O)N(C(=O)CCCC=C)C(CC(=O)OC)C(=O)O. The van der Waals surface area contributed by atoms with E-state index in [2.05, 4.69) is 17.9 Å². The second-order valence-electron chi connectivity index (χ2n) is 5.15. The van der Waals surface area contributed by atoms with Crippen LogP contribution in [0.15, 0.2) is 25.3 Å². The number of rotatable bonds is 12. The summed E-state index contributed by atoms with van der Waals surface area (Å²) in [7, 11) is 1.11. The van der Waals surface area contributed by atoms with Crippen LogP contribution in [0.2, 0.25) is 0 Å². The Labute approximate surface area is 142 Å². The standard InChI is InChI=1S/C17H25NO6/c1-4-6-8-10-14(19)18(15(20)11-9-7-5-2)13(17(22)23)12-16(21)24-3/h4-5,13H,1-2,6-12H2,3H3,(H,22,23). The highest BCUT2D eigenvalue weighted by atomic mass is 16.5. The Bertz CT molecular complexity index is 459. The molecule has 0 saturated carbocycles. The number of allylic oxidation sites excluding steroid dienone is 2. The summed E-state index contributed by atoms with van der Waals surface area (Å²) < 4.78 is 4.46. The van der Waals surface area contributed by atoms with E-state index in [1.807, 2.05) is 0 Å². The van der Waals surface area contributed by atoms with Gasteiger partial charge < -0.3 is 9.84 Å². The van der Waals surface area contributed by atoms with Crippen molar-refractivity contribution in [3.05, 3.63) is 25.3 Å². The maximum Gasteiger partial charge on any atom is 0.327 e. The van der Waals surface area contributed by atoms with Crippen LogP contribution in [0.4, 0.5) is 0 Å². The maximum absolute atomic E-state index is 12.3. The zero-order chi connectivity index (χ0) is 18.5. The summed E-state index contributed by atoms with van der Waals surface area (Å²) in [6.07, 6.45) is 4.73. The molecule has 0 aromatic carbocycles. The van der Waals surface area contributed by atoms with E-state index < -0.39 is 36.2 Å². The highest BCUT2D eigenvalue weighted by Gasteiger charge is 2.35. The summed E-state index contributed by atoms with van der Waals surface area (Å²) >= 11 is 0. The fourth-order valence-corrected chi connectivity index (χ4v) is 2.05. The molecule has 0 aliphatic rings. The average Bonchev–Trinajstić information content (AvgIpc) is 2.54.